The van der Waals surface area contributed by atoms with Gasteiger partial charge in [-0.05, 0) is 38.9 Å². The van der Waals surface area contributed by atoms with Crippen LogP contribution >= 0.6 is 0 Å². The Morgan fingerprint density at radius 1 is 1.33 bits per heavy atom. The van der Waals surface area contributed by atoms with E-state index in [2.05, 4.69) is 10.6 Å². The predicted molar refractivity (Wildman–Crippen MR) is 114 cm³/mol. The molecule has 1 saturated heterocycles. The quantitative estimate of drug-likeness (QED) is 0.646. The molecule has 0 saturated carbocycles. The maximum atomic E-state index is 13.3. The largest absolute Gasteiger partial charge is 0.486 e. The van der Waals surface area contributed by atoms with Crippen LogP contribution in [0.1, 0.15) is 37.0 Å². The summed E-state index contributed by atoms with van der Waals surface area (Å²) >= 11 is 0. The molecule has 2 amide bonds. The summed E-state index contributed by atoms with van der Waals surface area (Å²) in [6.45, 7) is 5.97. The summed E-state index contributed by atoms with van der Waals surface area (Å²) in [6, 6.07) is 4.91. The fourth-order valence-electron chi connectivity index (χ4n) is 3.98. The van der Waals surface area contributed by atoms with Crippen molar-refractivity contribution in [3.8, 4) is 5.75 Å². The smallest absolute Gasteiger partial charge is 0.258 e. The van der Waals surface area contributed by atoms with E-state index in [0.29, 0.717) is 56.1 Å². The molecule has 0 aliphatic carbocycles. The molecule has 0 spiro atoms. The standard InChI is InChI=1S/C22H33N3O5/c1-14-12-25(15(2)13-26)22(28)17-5-4-6-18(20(17)30-19(14)11-23-3)24-21(27)16-7-9-29-10-8-16/h4-6,14-16,19,23,26H,7-13H2,1-3H3,(H,24,27)/t14-,15-,19+/m1/s1. The van der Waals surface area contributed by atoms with E-state index in [4.69, 9.17) is 9.47 Å². The second-order valence-corrected chi connectivity index (χ2v) is 8.24. The maximum absolute atomic E-state index is 13.3. The highest BCUT2D eigenvalue weighted by molar-refractivity contribution is 6.02. The van der Waals surface area contributed by atoms with Crippen molar-refractivity contribution in [3.05, 3.63) is 23.8 Å². The van der Waals surface area contributed by atoms with Gasteiger partial charge in [0, 0.05) is 38.1 Å². The zero-order valence-electron chi connectivity index (χ0n) is 18.0. The first-order valence-corrected chi connectivity index (χ1v) is 10.7. The highest BCUT2D eigenvalue weighted by Gasteiger charge is 2.34. The second kappa shape index (κ2) is 10.2. The van der Waals surface area contributed by atoms with Crippen LogP contribution in [-0.2, 0) is 9.53 Å². The number of aliphatic hydroxyl groups excluding tert-OH is 1. The molecule has 8 nitrogen and oxygen atoms in total. The summed E-state index contributed by atoms with van der Waals surface area (Å²) in [4.78, 5) is 27.8. The van der Waals surface area contributed by atoms with Crippen molar-refractivity contribution in [1.29, 1.82) is 0 Å². The highest BCUT2D eigenvalue weighted by atomic mass is 16.5. The number of carbonyl (C=O) groups excluding carboxylic acids is 2. The molecule has 0 radical (unpaired) electrons. The Labute approximate surface area is 177 Å². The lowest BCUT2D eigenvalue weighted by atomic mass is 9.98. The van der Waals surface area contributed by atoms with Gasteiger partial charge in [-0.2, -0.15) is 0 Å². The molecule has 3 atom stereocenters. The Bertz CT molecular complexity index is 750. The van der Waals surface area contributed by atoms with Crippen LogP contribution in [0, 0.1) is 11.8 Å². The van der Waals surface area contributed by atoms with Crippen molar-refractivity contribution in [2.45, 2.75) is 38.8 Å². The van der Waals surface area contributed by atoms with Gasteiger partial charge in [0.15, 0.2) is 5.75 Å². The first kappa shape index (κ1) is 22.5. The van der Waals surface area contributed by atoms with Crippen LogP contribution in [0.2, 0.25) is 0 Å². The topological polar surface area (TPSA) is 100 Å². The van der Waals surface area contributed by atoms with Crippen molar-refractivity contribution in [3.63, 3.8) is 0 Å². The molecule has 3 N–H and O–H groups in total. The molecule has 3 rings (SSSR count). The molecule has 1 fully saturated rings. The molecular formula is C22H33N3O5. The number of hydrogen-bond acceptors (Lipinski definition) is 6. The Morgan fingerprint density at radius 2 is 2.07 bits per heavy atom. The van der Waals surface area contributed by atoms with Crippen LogP contribution in [0.25, 0.3) is 0 Å². The molecule has 0 unspecified atom stereocenters. The van der Waals surface area contributed by atoms with Crippen LogP contribution in [0.15, 0.2) is 18.2 Å². The van der Waals surface area contributed by atoms with E-state index in [1.165, 1.54) is 0 Å². The van der Waals surface area contributed by atoms with Gasteiger partial charge in [-0.25, -0.2) is 0 Å². The van der Waals surface area contributed by atoms with Crippen molar-refractivity contribution < 1.29 is 24.2 Å². The molecule has 2 aliphatic rings. The normalized spacial score (nSPS) is 23.7. The lowest BCUT2D eigenvalue weighted by Gasteiger charge is -2.37. The Kier molecular flexibility index (Phi) is 7.69. The molecule has 2 aliphatic heterocycles. The van der Waals surface area contributed by atoms with Gasteiger partial charge in [-0.3, -0.25) is 9.59 Å². The number of hydrogen-bond donors (Lipinski definition) is 3. The Balaban J connectivity index is 1.96. The average molecular weight is 420 g/mol. The molecule has 166 valence electrons. The molecule has 2 heterocycles. The zero-order valence-corrected chi connectivity index (χ0v) is 18.0. The molecule has 1 aromatic rings. The third-order valence-electron chi connectivity index (χ3n) is 5.95. The van der Waals surface area contributed by atoms with Gasteiger partial charge in [0.05, 0.1) is 23.9 Å². The summed E-state index contributed by atoms with van der Waals surface area (Å²) in [5.41, 5.74) is 0.900. The summed E-state index contributed by atoms with van der Waals surface area (Å²) in [5, 5.41) is 15.8. The predicted octanol–water partition coefficient (Wildman–Crippen LogP) is 1.49. The minimum Gasteiger partial charge on any atom is -0.486 e. The number of fused-ring (bicyclic) bond motifs is 1. The van der Waals surface area contributed by atoms with E-state index < -0.39 is 0 Å². The number of benzene rings is 1. The fourth-order valence-corrected chi connectivity index (χ4v) is 3.98. The lowest BCUT2D eigenvalue weighted by Crippen LogP contribution is -2.49. The number of carbonyl (C=O) groups is 2. The van der Waals surface area contributed by atoms with Crippen molar-refractivity contribution in [2.24, 2.45) is 11.8 Å². The molecule has 1 aromatic carbocycles. The van der Waals surface area contributed by atoms with Crippen molar-refractivity contribution in [1.82, 2.24) is 10.2 Å². The second-order valence-electron chi connectivity index (χ2n) is 8.24. The summed E-state index contributed by atoms with van der Waals surface area (Å²) in [5.74, 6) is 0.0246. The first-order valence-electron chi connectivity index (χ1n) is 10.7. The van der Waals surface area contributed by atoms with Crippen molar-refractivity contribution in [2.75, 3.05) is 45.3 Å². The summed E-state index contributed by atoms with van der Waals surface area (Å²) in [7, 11) is 1.86. The summed E-state index contributed by atoms with van der Waals surface area (Å²) in [6.07, 6.45) is 1.17. The van der Waals surface area contributed by atoms with Gasteiger partial charge >= 0.3 is 0 Å². The van der Waals surface area contributed by atoms with E-state index in [-0.39, 0.29) is 42.4 Å². The number of rotatable bonds is 6. The average Bonchev–Trinajstić information content (AvgIpc) is 2.76. The molecular weight excluding hydrogens is 386 g/mol. The van der Waals surface area contributed by atoms with Gasteiger partial charge in [-0.1, -0.05) is 13.0 Å². The van der Waals surface area contributed by atoms with Gasteiger partial charge in [0.2, 0.25) is 5.91 Å². The van der Waals surface area contributed by atoms with Crippen LogP contribution in [0.5, 0.6) is 5.75 Å². The lowest BCUT2D eigenvalue weighted by molar-refractivity contribution is -0.122. The minimum atomic E-state index is -0.318. The third kappa shape index (κ3) is 4.94. The van der Waals surface area contributed by atoms with E-state index in [1.807, 2.05) is 20.9 Å². The van der Waals surface area contributed by atoms with Crippen LogP contribution < -0.4 is 15.4 Å². The van der Waals surface area contributed by atoms with Gasteiger partial charge < -0.3 is 30.1 Å². The Morgan fingerprint density at radius 3 is 2.73 bits per heavy atom. The molecule has 30 heavy (non-hydrogen) atoms. The van der Waals surface area contributed by atoms with E-state index in [1.54, 1.807) is 23.1 Å². The number of nitrogens with one attached hydrogen (secondary N) is 2. The minimum absolute atomic E-state index is 0.0304. The summed E-state index contributed by atoms with van der Waals surface area (Å²) < 4.78 is 11.7. The number of aliphatic hydroxyl groups is 1. The first-order chi connectivity index (χ1) is 14.5. The Hall–Kier alpha value is -2.16. The number of nitrogens with zero attached hydrogens (tertiary/aromatic N) is 1. The van der Waals surface area contributed by atoms with Gasteiger partial charge in [0.1, 0.15) is 6.10 Å². The fraction of sp³-hybridized carbons (Fsp3) is 0.636. The monoisotopic (exact) mass is 419 g/mol. The number of para-hydroxylation sites is 1. The highest BCUT2D eigenvalue weighted by Crippen LogP contribution is 2.35. The number of ether oxygens (including phenoxy) is 2. The van der Waals surface area contributed by atoms with E-state index >= 15 is 0 Å². The maximum Gasteiger partial charge on any atom is 0.258 e. The molecule has 0 aromatic heterocycles. The molecule has 8 heteroatoms. The van der Waals surface area contributed by atoms with Crippen LogP contribution in [0.3, 0.4) is 0 Å². The SMILES string of the molecule is CNC[C@@H]1Oc2c(NC(=O)C3CCOCC3)cccc2C(=O)N([C@H](C)CO)C[C@H]1C. The van der Waals surface area contributed by atoms with Crippen LogP contribution in [0.4, 0.5) is 5.69 Å². The van der Waals surface area contributed by atoms with Crippen molar-refractivity contribution >= 4 is 17.5 Å². The zero-order chi connectivity index (χ0) is 21.7. The van der Waals surface area contributed by atoms with E-state index in [0.717, 1.165) is 0 Å². The molecule has 0 bridgehead atoms. The number of likely N-dealkylation sites (N-methyl/N-ethyl adjacent to an activating group) is 1. The van der Waals surface area contributed by atoms with E-state index in [9.17, 15) is 14.7 Å². The number of amides is 2. The van der Waals surface area contributed by atoms with Gasteiger partial charge in [-0.15, -0.1) is 0 Å². The van der Waals surface area contributed by atoms with Gasteiger partial charge in [0.25, 0.3) is 5.91 Å². The number of anilines is 1. The third-order valence-corrected chi connectivity index (χ3v) is 5.95. The van der Waals surface area contributed by atoms with Crippen LogP contribution in [-0.4, -0.2) is 73.9 Å².